The van der Waals surface area contributed by atoms with E-state index < -0.39 is 0 Å². The standard InChI is InChI=1S/C14H17N3O2S/c1-8-9(2)20-13(17-8)7-19-12-5-10(14(15)16)4-11(6-12)18-3/h4-6H,7H2,1-3H3,(H3,15,16). The zero-order valence-corrected chi connectivity index (χ0v) is 12.5. The van der Waals surface area contributed by atoms with Crippen molar-refractivity contribution < 1.29 is 9.47 Å². The highest BCUT2D eigenvalue weighted by molar-refractivity contribution is 7.11. The lowest BCUT2D eigenvalue weighted by atomic mass is 10.2. The number of nitrogen functional groups attached to an aromatic ring is 1. The van der Waals surface area contributed by atoms with Crippen molar-refractivity contribution in [1.82, 2.24) is 4.98 Å². The fourth-order valence-corrected chi connectivity index (χ4v) is 2.52. The number of aryl methyl sites for hydroxylation is 2. The van der Waals surface area contributed by atoms with Crippen molar-refractivity contribution >= 4 is 17.2 Å². The van der Waals surface area contributed by atoms with Crippen molar-refractivity contribution in [2.24, 2.45) is 5.73 Å². The molecule has 5 nitrogen and oxygen atoms in total. The predicted molar refractivity (Wildman–Crippen MR) is 79.9 cm³/mol. The van der Waals surface area contributed by atoms with Gasteiger partial charge in [0, 0.05) is 16.5 Å². The molecular formula is C14H17N3O2S. The number of thiazole rings is 1. The van der Waals surface area contributed by atoms with Crippen LogP contribution in [0.25, 0.3) is 0 Å². The molecule has 0 aliphatic carbocycles. The quantitative estimate of drug-likeness (QED) is 0.655. The smallest absolute Gasteiger partial charge is 0.140 e. The fourth-order valence-electron chi connectivity index (χ4n) is 1.67. The van der Waals surface area contributed by atoms with Gasteiger partial charge in [-0.05, 0) is 26.0 Å². The molecule has 0 aliphatic heterocycles. The molecule has 2 aromatic rings. The first-order valence-corrected chi connectivity index (χ1v) is 6.90. The van der Waals surface area contributed by atoms with Gasteiger partial charge < -0.3 is 15.2 Å². The SMILES string of the molecule is COc1cc(OCc2nc(C)c(C)s2)cc(C(=N)N)c1. The first-order valence-electron chi connectivity index (χ1n) is 6.08. The number of nitrogens with one attached hydrogen (secondary N) is 1. The average molecular weight is 291 g/mol. The van der Waals surface area contributed by atoms with Crippen LogP contribution in [0.1, 0.15) is 21.1 Å². The first-order chi connectivity index (χ1) is 9.49. The number of hydrogen-bond acceptors (Lipinski definition) is 5. The van der Waals surface area contributed by atoms with Crippen LogP contribution in [0.3, 0.4) is 0 Å². The zero-order chi connectivity index (χ0) is 14.7. The third-order valence-electron chi connectivity index (χ3n) is 2.86. The van der Waals surface area contributed by atoms with E-state index in [-0.39, 0.29) is 5.84 Å². The Balaban J connectivity index is 2.16. The van der Waals surface area contributed by atoms with Crippen LogP contribution in [-0.2, 0) is 6.61 Å². The number of methoxy groups -OCH3 is 1. The van der Waals surface area contributed by atoms with Gasteiger partial charge in [-0.3, -0.25) is 5.41 Å². The normalized spacial score (nSPS) is 10.3. The molecule has 2 rings (SSSR count). The third-order valence-corrected chi connectivity index (χ3v) is 3.91. The first kappa shape index (κ1) is 14.3. The molecule has 6 heteroatoms. The highest BCUT2D eigenvalue weighted by Gasteiger charge is 2.07. The van der Waals surface area contributed by atoms with Crippen LogP contribution in [0.15, 0.2) is 18.2 Å². The van der Waals surface area contributed by atoms with E-state index in [0.717, 1.165) is 10.7 Å². The van der Waals surface area contributed by atoms with Gasteiger partial charge in [-0.15, -0.1) is 11.3 Å². The van der Waals surface area contributed by atoms with E-state index in [4.69, 9.17) is 20.6 Å². The van der Waals surface area contributed by atoms with Crippen LogP contribution in [-0.4, -0.2) is 17.9 Å². The molecule has 1 heterocycles. The number of rotatable bonds is 5. The maximum atomic E-state index is 7.49. The summed E-state index contributed by atoms with van der Waals surface area (Å²) in [6.07, 6.45) is 0. The molecule has 0 radical (unpaired) electrons. The van der Waals surface area contributed by atoms with Crippen LogP contribution in [0.5, 0.6) is 11.5 Å². The van der Waals surface area contributed by atoms with Crippen molar-refractivity contribution in [1.29, 1.82) is 5.41 Å². The van der Waals surface area contributed by atoms with Crippen LogP contribution in [0.2, 0.25) is 0 Å². The average Bonchev–Trinajstić information content (AvgIpc) is 2.75. The van der Waals surface area contributed by atoms with Crippen LogP contribution >= 0.6 is 11.3 Å². The lowest BCUT2D eigenvalue weighted by Crippen LogP contribution is -2.11. The summed E-state index contributed by atoms with van der Waals surface area (Å²) in [7, 11) is 1.57. The van der Waals surface area contributed by atoms with Crippen molar-refractivity contribution in [3.8, 4) is 11.5 Å². The molecule has 0 saturated carbocycles. The van der Waals surface area contributed by atoms with Gasteiger partial charge in [0.05, 0.1) is 12.8 Å². The molecule has 0 aliphatic rings. The molecule has 1 aromatic heterocycles. The molecule has 3 N–H and O–H groups in total. The van der Waals surface area contributed by atoms with Gasteiger partial charge in [-0.2, -0.15) is 0 Å². The zero-order valence-electron chi connectivity index (χ0n) is 11.7. The largest absolute Gasteiger partial charge is 0.497 e. The maximum Gasteiger partial charge on any atom is 0.140 e. The van der Waals surface area contributed by atoms with Gasteiger partial charge in [-0.25, -0.2) is 4.98 Å². The van der Waals surface area contributed by atoms with Gasteiger partial charge in [0.15, 0.2) is 0 Å². The van der Waals surface area contributed by atoms with E-state index in [9.17, 15) is 0 Å². The number of hydrogen-bond donors (Lipinski definition) is 2. The number of ether oxygens (including phenoxy) is 2. The minimum absolute atomic E-state index is 0.0188. The summed E-state index contributed by atoms with van der Waals surface area (Å²) in [5, 5.41) is 8.41. The van der Waals surface area contributed by atoms with Gasteiger partial charge in [0.25, 0.3) is 0 Å². The minimum atomic E-state index is -0.0188. The Hall–Kier alpha value is -2.08. The van der Waals surface area contributed by atoms with Crippen molar-refractivity contribution in [2.75, 3.05) is 7.11 Å². The molecule has 0 spiro atoms. The maximum absolute atomic E-state index is 7.49. The molecule has 0 fully saturated rings. The van der Waals surface area contributed by atoms with Gasteiger partial charge in [0.2, 0.25) is 0 Å². The van der Waals surface area contributed by atoms with Crippen LogP contribution in [0, 0.1) is 19.3 Å². The lowest BCUT2D eigenvalue weighted by molar-refractivity contribution is 0.303. The lowest BCUT2D eigenvalue weighted by Gasteiger charge is -2.09. The topological polar surface area (TPSA) is 81.2 Å². The molecule has 0 atom stereocenters. The highest BCUT2D eigenvalue weighted by Crippen LogP contribution is 2.24. The number of nitrogens with two attached hydrogens (primary N) is 1. The van der Waals surface area contributed by atoms with Crippen LogP contribution in [0.4, 0.5) is 0 Å². The monoisotopic (exact) mass is 291 g/mol. The summed E-state index contributed by atoms with van der Waals surface area (Å²) in [6.45, 7) is 4.41. The van der Waals surface area contributed by atoms with Crippen LogP contribution < -0.4 is 15.2 Å². The Bertz CT molecular complexity index is 618. The van der Waals surface area contributed by atoms with Gasteiger partial charge in [0.1, 0.15) is 28.9 Å². The molecule has 1 aromatic carbocycles. The molecule has 0 saturated heterocycles. The minimum Gasteiger partial charge on any atom is -0.497 e. The number of amidine groups is 1. The molecule has 20 heavy (non-hydrogen) atoms. The third kappa shape index (κ3) is 3.27. The number of benzene rings is 1. The second-order valence-electron chi connectivity index (χ2n) is 4.35. The summed E-state index contributed by atoms with van der Waals surface area (Å²) in [6, 6.07) is 5.19. The molecule has 106 valence electrons. The Morgan fingerprint density at radius 2 is 2.00 bits per heavy atom. The molecule has 0 unspecified atom stereocenters. The van der Waals surface area contributed by atoms with Gasteiger partial charge in [-0.1, -0.05) is 0 Å². The van der Waals surface area contributed by atoms with Crippen molar-refractivity contribution in [3.63, 3.8) is 0 Å². The van der Waals surface area contributed by atoms with E-state index in [1.807, 2.05) is 13.8 Å². The van der Waals surface area contributed by atoms with Gasteiger partial charge >= 0.3 is 0 Å². The molecular weight excluding hydrogens is 274 g/mol. The Labute approximate surface area is 121 Å². The Morgan fingerprint density at radius 3 is 2.55 bits per heavy atom. The van der Waals surface area contributed by atoms with E-state index in [1.165, 1.54) is 4.88 Å². The number of nitrogens with zero attached hydrogens (tertiary/aromatic N) is 1. The summed E-state index contributed by atoms with van der Waals surface area (Å²) in [5.41, 5.74) is 7.10. The number of aromatic nitrogens is 1. The van der Waals surface area contributed by atoms with Crippen molar-refractivity contribution in [3.05, 3.63) is 39.3 Å². The van der Waals surface area contributed by atoms with E-state index in [2.05, 4.69) is 4.98 Å². The summed E-state index contributed by atoms with van der Waals surface area (Å²) in [4.78, 5) is 5.61. The molecule has 0 amide bonds. The fraction of sp³-hybridized carbons (Fsp3) is 0.286. The van der Waals surface area contributed by atoms with E-state index in [0.29, 0.717) is 23.7 Å². The Kier molecular flexibility index (Phi) is 4.24. The summed E-state index contributed by atoms with van der Waals surface area (Å²) >= 11 is 1.62. The van der Waals surface area contributed by atoms with E-state index in [1.54, 1.807) is 36.6 Å². The highest BCUT2D eigenvalue weighted by atomic mass is 32.1. The predicted octanol–water partition coefficient (Wildman–Crippen LogP) is 2.63. The second kappa shape index (κ2) is 5.92. The van der Waals surface area contributed by atoms with Crippen molar-refractivity contribution in [2.45, 2.75) is 20.5 Å². The Morgan fingerprint density at radius 1 is 1.30 bits per heavy atom. The summed E-state index contributed by atoms with van der Waals surface area (Å²) < 4.78 is 10.9. The second-order valence-corrected chi connectivity index (χ2v) is 5.64. The molecule has 0 bridgehead atoms. The summed E-state index contributed by atoms with van der Waals surface area (Å²) in [5.74, 6) is 1.20. The van der Waals surface area contributed by atoms with E-state index >= 15 is 0 Å².